The van der Waals surface area contributed by atoms with Crippen LogP contribution in [0.2, 0.25) is 10.0 Å². The van der Waals surface area contributed by atoms with Crippen molar-refractivity contribution in [2.24, 2.45) is 5.73 Å². The molecule has 0 atom stereocenters. The molecule has 0 aliphatic rings. The number of nitro groups is 1. The molecule has 17 heavy (non-hydrogen) atoms. The lowest BCUT2D eigenvalue weighted by Crippen LogP contribution is -2.21. The van der Waals surface area contributed by atoms with Crippen molar-refractivity contribution in [1.29, 1.82) is 0 Å². The predicted octanol–water partition coefficient (Wildman–Crippen LogP) is 2.69. The minimum absolute atomic E-state index is 0.0566. The van der Waals surface area contributed by atoms with Gasteiger partial charge in [-0.1, -0.05) is 23.2 Å². The Morgan fingerprint density at radius 1 is 1.41 bits per heavy atom. The highest BCUT2D eigenvalue weighted by Crippen LogP contribution is 2.35. The van der Waals surface area contributed by atoms with Crippen LogP contribution in [0.4, 0.5) is 11.4 Å². The van der Waals surface area contributed by atoms with Crippen LogP contribution in [0, 0.1) is 10.1 Å². The van der Waals surface area contributed by atoms with Crippen molar-refractivity contribution in [3.8, 4) is 0 Å². The molecule has 0 heterocycles. The lowest BCUT2D eigenvalue weighted by atomic mass is 10.2. The van der Waals surface area contributed by atoms with Gasteiger partial charge < -0.3 is 10.6 Å². The van der Waals surface area contributed by atoms with Gasteiger partial charge in [0.2, 0.25) is 0 Å². The fourth-order valence-electron chi connectivity index (χ4n) is 1.43. The summed E-state index contributed by atoms with van der Waals surface area (Å²) in [5, 5.41) is 11.4. The van der Waals surface area contributed by atoms with Crippen molar-refractivity contribution in [3.63, 3.8) is 0 Å². The largest absolute Gasteiger partial charge is 0.369 e. The Labute approximate surface area is 109 Å². The summed E-state index contributed by atoms with van der Waals surface area (Å²) in [6.45, 7) is 1.15. The zero-order valence-corrected chi connectivity index (χ0v) is 10.8. The fraction of sp³-hybridized carbons (Fsp3) is 0.400. The van der Waals surface area contributed by atoms with Crippen LogP contribution in [-0.2, 0) is 0 Å². The third kappa shape index (κ3) is 3.46. The van der Waals surface area contributed by atoms with Gasteiger partial charge in [-0.3, -0.25) is 10.1 Å². The van der Waals surface area contributed by atoms with Crippen LogP contribution < -0.4 is 10.6 Å². The molecule has 0 aromatic heterocycles. The molecule has 1 aromatic carbocycles. The minimum Gasteiger partial charge on any atom is -0.369 e. The number of nitro benzene ring substituents is 1. The van der Waals surface area contributed by atoms with Crippen molar-refractivity contribution in [2.45, 2.75) is 6.42 Å². The predicted molar refractivity (Wildman–Crippen MR) is 70.1 cm³/mol. The first-order valence-corrected chi connectivity index (χ1v) is 5.77. The number of hydrogen-bond donors (Lipinski definition) is 1. The summed E-state index contributed by atoms with van der Waals surface area (Å²) in [5.41, 5.74) is 5.78. The first-order valence-electron chi connectivity index (χ1n) is 5.02. The van der Waals surface area contributed by atoms with E-state index < -0.39 is 4.92 Å². The molecular formula is C10H13Cl2N3O2. The van der Waals surface area contributed by atoms with Crippen molar-refractivity contribution in [2.75, 3.05) is 25.0 Å². The molecule has 2 N–H and O–H groups in total. The monoisotopic (exact) mass is 277 g/mol. The van der Waals surface area contributed by atoms with E-state index >= 15 is 0 Å². The van der Waals surface area contributed by atoms with Gasteiger partial charge in [0.15, 0.2) is 0 Å². The van der Waals surface area contributed by atoms with Crippen LogP contribution in [0.25, 0.3) is 0 Å². The first kappa shape index (κ1) is 14.0. The van der Waals surface area contributed by atoms with Crippen LogP contribution in [0.1, 0.15) is 6.42 Å². The molecule has 1 aromatic rings. The van der Waals surface area contributed by atoms with Gasteiger partial charge in [-0.2, -0.15) is 0 Å². The Morgan fingerprint density at radius 3 is 2.53 bits per heavy atom. The number of halogens is 2. The van der Waals surface area contributed by atoms with Crippen molar-refractivity contribution in [3.05, 3.63) is 32.3 Å². The Morgan fingerprint density at radius 2 is 2.00 bits per heavy atom. The van der Waals surface area contributed by atoms with Gasteiger partial charge in [-0.05, 0) is 19.0 Å². The Bertz CT molecular complexity index is 426. The van der Waals surface area contributed by atoms with E-state index in [9.17, 15) is 10.1 Å². The van der Waals surface area contributed by atoms with E-state index in [-0.39, 0.29) is 10.7 Å². The van der Waals surface area contributed by atoms with Crippen LogP contribution in [0.15, 0.2) is 12.1 Å². The Hall–Kier alpha value is -1.04. The second-order valence-corrected chi connectivity index (χ2v) is 4.39. The summed E-state index contributed by atoms with van der Waals surface area (Å²) in [6, 6.07) is 2.76. The molecule has 94 valence electrons. The van der Waals surface area contributed by atoms with E-state index in [2.05, 4.69) is 0 Å². The molecular weight excluding hydrogens is 265 g/mol. The average molecular weight is 278 g/mol. The first-order chi connectivity index (χ1) is 7.97. The van der Waals surface area contributed by atoms with Crippen molar-refractivity contribution in [1.82, 2.24) is 0 Å². The van der Waals surface area contributed by atoms with Crippen molar-refractivity contribution < 1.29 is 4.92 Å². The van der Waals surface area contributed by atoms with Gasteiger partial charge in [-0.25, -0.2) is 0 Å². The molecule has 0 bridgehead atoms. The summed E-state index contributed by atoms with van der Waals surface area (Å²) < 4.78 is 0. The molecule has 0 amide bonds. The van der Waals surface area contributed by atoms with E-state index in [4.69, 9.17) is 28.9 Å². The highest BCUT2D eigenvalue weighted by molar-refractivity contribution is 6.42. The van der Waals surface area contributed by atoms with Gasteiger partial charge in [0.1, 0.15) is 5.69 Å². The highest BCUT2D eigenvalue weighted by Gasteiger charge is 2.19. The van der Waals surface area contributed by atoms with Crippen molar-refractivity contribution >= 4 is 34.6 Å². The molecule has 0 unspecified atom stereocenters. The van der Waals surface area contributed by atoms with Crippen LogP contribution in [0.3, 0.4) is 0 Å². The minimum atomic E-state index is -0.476. The standard InChI is InChI=1S/C10H13Cl2N3O2/c1-14(4-2-3-13)9-5-7(11)8(12)6-10(9)15(16)17/h5-6H,2-4,13H2,1H3. The molecule has 0 aliphatic heterocycles. The second kappa shape index (κ2) is 6.05. The molecule has 0 saturated carbocycles. The van der Waals surface area contributed by atoms with Gasteiger partial charge in [0, 0.05) is 19.7 Å². The molecule has 0 saturated heterocycles. The third-order valence-electron chi connectivity index (χ3n) is 2.32. The lowest BCUT2D eigenvalue weighted by molar-refractivity contribution is -0.384. The summed E-state index contributed by atoms with van der Waals surface area (Å²) in [5.74, 6) is 0. The number of anilines is 1. The second-order valence-electron chi connectivity index (χ2n) is 3.58. The smallest absolute Gasteiger partial charge is 0.294 e. The van der Waals surface area contributed by atoms with E-state index in [1.807, 2.05) is 0 Å². The zero-order chi connectivity index (χ0) is 13.0. The fourth-order valence-corrected chi connectivity index (χ4v) is 1.74. The quantitative estimate of drug-likeness (QED) is 0.664. The van der Waals surface area contributed by atoms with E-state index in [1.165, 1.54) is 12.1 Å². The molecule has 0 radical (unpaired) electrons. The van der Waals surface area contributed by atoms with Gasteiger partial charge in [-0.15, -0.1) is 0 Å². The summed E-state index contributed by atoms with van der Waals surface area (Å²) in [4.78, 5) is 12.2. The van der Waals surface area contributed by atoms with Gasteiger partial charge in [0.05, 0.1) is 15.0 Å². The van der Waals surface area contributed by atoms with E-state index in [0.29, 0.717) is 23.8 Å². The van der Waals surface area contributed by atoms with Crippen LogP contribution in [-0.4, -0.2) is 25.1 Å². The number of hydrogen-bond acceptors (Lipinski definition) is 4. The summed E-state index contributed by atoms with van der Waals surface area (Å²) >= 11 is 11.6. The zero-order valence-electron chi connectivity index (χ0n) is 9.32. The molecule has 7 heteroatoms. The summed E-state index contributed by atoms with van der Waals surface area (Å²) in [6.07, 6.45) is 0.744. The Balaban J connectivity index is 3.11. The Kier molecular flexibility index (Phi) is 4.99. The normalized spacial score (nSPS) is 10.4. The third-order valence-corrected chi connectivity index (χ3v) is 3.05. The molecule has 0 spiro atoms. The van der Waals surface area contributed by atoms with E-state index in [0.717, 1.165) is 6.42 Å². The number of benzene rings is 1. The average Bonchev–Trinajstić information content (AvgIpc) is 2.28. The summed E-state index contributed by atoms with van der Waals surface area (Å²) in [7, 11) is 1.75. The maximum atomic E-state index is 10.9. The van der Waals surface area contributed by atoms with Crippen LogP contribution in [0.5, 0.6) is 0 Å². The number of rotatable bonds is 5. The highest BCUT2D eigenvalue weighted by atomic mass is 35.5. The number of nitrogens with two attached hydrogens (primary N) is 1. The van der Waals surface area contributed by atoms with E-state index in [1.54, 1.807) is 11.9 Å². The molecule has 0 fully saturated rings. The molecule has 0 aliphatic carbocycles. The topological polar surface area (TPSA) is 72.4 Å². The van der Waals surface area contributed by atoms with Gasteiger partial charge >= 0.3 is 0 Å². The maximum Gasteiger partial charge on any atom is 0.294 e. The SMILES string of the molecule is CN(CCCN)c1cc(Cl)c(Cl)cc1[N+](=O)[O-]. The lowest BCUT2D eigenvalue weighted by Gasteiger charge is -2.19. The molecule has 1 rings (SSSR count). The van der Waals surface area contributed by atoms with Gasteiger partial charge in [0.25, 0.3) is 5.69 Å². The number of nitrogens with zero attached hydrogens (tertiary/aromatic N) is 2. The molecule has 5 nitrogen and oxygen atoms in total. The maximum absolute atomic E-state index is 10.9. The van der Waals surface area contributed by atoms with Crippen LogP contribution >= 0.6 is 23.2 Å².